The largest absolute Gasteiger partial charge is 0.368 e. The van der Waals surface area contributed by atoms with Crippen LogP contribution >= 0.6 is 0 Å². The average Bonchev–Trinajstić information content (AvgIpc) is 3.27. The van der Waals surface area contributed by atoms with Gasteiger partial charge in [-0.3, -0.25) is 9.78 Å². The molecule has 0 radical (unpaired) electrons. The molecule has 1 aliphatic rings. The molecule has 0 amide bonds. The molecule has 5 rings (SSSR count). The molecular weight excluding hydrogens is 406 g/mol. The van der Waals surface area contributed by atoms with Gasteiger partial charge in [-0.1, -0.05) is 6.07 Å². The molecule has 1 aromatic carbocycles. The smallest absolute Gasteiger partial charge is 0.267 e. The predicted molar refractivity (Wildman–Crippen MR) is 122 cm³/mol. The summed E-state index contributed by atoms with van der Waals surface area (Å²) >= 11 is 0. The molecule has 0 aliphatic carbocycles. The lowest BCUT2D eigenvalue weighted by Crippen LogP contribution is -2.19. The van der Waals surface area contributed by atoms with Crippen LogP contribution in [0.2, 0.25) is 0 Å². The van der Waals surface area contributed by atoms with E-state index in [1.165, 1.54) is 0 Å². The lowest BCUT2D eigenvalue weighted by atomic mass is 9.99. The second-order valence-electron chi connectivity index (χ2n) is 8.27. The first kappa shape index (κ1) is 20.4. The van der Waals surface area contributed by atoms with Crippen LogP contribution in [0.1, 0.15) is 42.5 Å². The molecule has 0 bridgehead atoms. The van der Waals surface area contributed by atoms with Gasteiger partial charge in [0.2, 0.25) is 0 Å². The van der Waals surface area contributed by atoms with Crippen LogP contribution in [0.25, 0.3) is 22.0 Å². The minimum Gasteiger partial charge on any atom is -0.368 e. The summed E-state index contributed by atoms with van der Waals surface area (Å²) in [4.78, 5) is 22.0. The molecule has 0 unspecified atom stereocenters. The molecule has 3 aromatic heterocycles. The number of anilines is 2. The Kier molecular flexibility index (Phi) is 5.22. The summed E-state index contributed by atoms with van der Waals surface area (Å²) in [5, 5.41) is 8.15. The first-order valence-corrected chi connectivity index (χ1v) is 10.8. The summed E-state index contributed by atoms with van der Waals surface area (Å²) in [5.41, 5.74) is 4.92. The maximum atomic E-state index is 13.2. The van der Waals surface area contributed by atoms with Gasteiger partial charge >= 0.3 is 0 Å². The average molecular weight is 431 g/mol. The second-order valence-corrected chi connectivity index (χ2v) is 8.27. The van der Waals surface area contributed by atoms with Gasteiger partial charge in [0.1, 0.15) is 6.10 Å². The van der Waals surface area contributed by atoms with E-state index in [4.69, 9.17) is 9.26 Å². The molecular formula is C24H25N5O3. The molecule has 4 aromatic rings. The van der Waals surface area contributed by atoms with Crippen molar-refractivity contribution >= 4 is 22.5 Å². The Labute approximate surface area is 185 Å². The van der Waals surface area contributed by atoms with Gasteiger partial charge < -0.3 is 19.1 Å². The van der Waals surface area contributed by atoms with Crippen molar-refractivity contribution < 1.29 is 9.26 Å². The van der Waals surface area contributed by atoms with E-state index in [1.807, 2.05) is 44.2 Å². The highest BCUT2D eigenvalue weighted by molar-refractivity contribution is 5.85. The lowest BCUT2D eigenvalue weighted by Gasteiger charge is -2.18. The summed E-state index contributed by atoms with van der Waals surface area (Å²) in [5.74, 6) is 0.862. The van der Waals surface area contributed by atoms with Crippen molar-refractivity contribution in [2.24, 2.45) is 7.05 Å². The van der Waals surface area contributed by atoms with Crippen LogP contribution < -0.4 is 10.9 Å². The predicted octanol–water partition coefficient (Wildman–Crippen LogP) is 4.59. The number of hydrogen-bond donors (Lipinski definition) is 1. The Balaban J connectivity index is 1.48. The number of ether oxygens (including phenoxy) is 1. The summed E-state index contributed by atoms with van der Waals surface area (Å²) in [6, 6.07) is 9.67. The number of nitrogens with one attached hydrogen (secondary N) is 1. The quantitative estimate of drug-likeness (QED) is 0.505. The normalized spacial score (nSPS) is 16.4. The summed E-state index contributed by atoms with van der Waals surface area (Å²) in [6.45, 7) is 4.62. The van der Waals surface area contributed by atoms with E-state index in [0.717, 1.165) is 52.7 Å². The zero-order chi connectivity index (χ0) is 22.2. The van der Waals surface area contributed by atoms with Crippen LogP contribution in [-0.2, 0) is 11.8 Å². The summed E-state index contributed by atoms with van der Waals surface area (Å²) in [6.07, 6.45) is 4.70. The van der Waals surface area contributed by atoms with Crippen molar-refractivity contribution in [3.8, 4) is 11.1 Å². The molecule has 4 heterocycles. The van der Waals surface area contributed by atoms with Crippen molar-refractivity contribution in [2.75, 3.05) is 11.9 Å². The molecule has 1 atom stereocenters. The highest BCUT2D eigenvalue weighted by Crippen LogP contribution is 2.30. The third-order valence-electron chi connectivity index (χ3n) is 5.93. The molecule has 8 heteroatoms. The number of aryl methyl sites for hydroxylation is 3. The van der Waals surface area contributed by atoms with Gasteiger partial charge in [0.05, 0.1) is 5.52 Å². The maximum absolute atomic E-state index is 13.2. The van der Waals surface area contributed by atoms with E-state index in [-0.39, 0.29) is 11.7 Å². The van der Waals surface area contributed by atoms with Crippen molar-refractivity contribution in [1.82, 2.24) is 19.7 Å². The summed E-state index contributed by atoms with van der Waals surface area (Å²) in [7, 11) is 1.79. The van der Waals surface area contributed by atoms with Crippen molar-refractivity contribution in [3.63, 3.8) is 0 Å². The molecule has 164 valence electrons. The highest BCUT2D eigenvalue weighted by Gasteiger charge is 2.22. The molecule has 1 saturated heterocycles. The van der Waals surface area contributed by atoms with Crippen LogP contribution in [0.15, 0.2) is 45.8 Å². The molecule has 32 heavy (non-hydrogen) atoms. The van der Waals surface area contributed by atoms with Gasteiger partial charge in [0.25, 0.3) is 17.4 Å². The van der Waals surface area contributed by atoms with Gasteiger partial charge in [-0.2, -0.15) is 4.98 Å². The van der Waals surface area contributed by atoms with E-state index >= 15 is 0 Å². The number of aromatic nitrogens is 4. The molecule has 8 nitrogen and oxygen atoms in total. The van der Waals surface area contributed by atoms with Crippen molar-refractivity contribution in [1.29, 1.82) is 0 Å². The maximum Gasteiger partial charge on any atom is 0.267 e. The molecule has 1 aliphatic heterocycles. The number of rotatable bonds is 4. The standard InChI is InChI=1S/C24H25N5O3/c1-14-7-8-17(26-24-27-22(32-28-24)21-6-4-5-9-31-21)12-18(14)19-11-16-13-25-15(2)10-20(16)29(3)23(19)30/h7-8,10-13,21H,4-6,9H2,1-3H3,(H,26,28)/t21-/m0/s1. The van der Waals surface area contributed by atoms with Crippen LogP contribution in [0, 0.1) is 13.8 Å². The fourth-order valence-electron chi connectivity index (χ4n) is 4.13. The van der Waals surface area contributed by atoms with Gasteiger partial charge in [-0.25, -0.2) is 0 Å². The molecule has 1 N–H and O–H groups in total. The zero-order valence-corrected chi connectivity index (χ0v) is 18.4. The van der Waals surface area contributed by atoms with Crippen LogP contribution in [-0.4, -0.2) is 26.3 Å². The Morgan fingerprint density at radius 1 is 1.12 bits per heavy atom. The van der Waals surface area contributed by atoms with E-state index in [2.05, 4.69) is 20.4 Å². The van der Waals surface area contributed by atoms with Gasteiger partial charge in [0, 0.05) is 42.2 Å². The Hall–Kier alpha value is -3.52. The van der Waals surface area contributed by atoms with E-state index in [9.17, 15) is 4.79 Å². The zero-order valence-electron chi connectivity index (χ0n) is 18.4. The first-order valence-electron chi connectivity index (χ1n) is 10.8. The Morgan fingerprint density at radius 3 is 2.81 bits per heavy atom. The third-order valence-corrected chi connectivity index (χ3v) is 5.93. The lowest BCUT2D eigenvalue weighted by molar-refractivity contribution is -0.00459. The van der Waals surface area contributed by atoms with Gasteiger partial charge in [-0.05, 0) is 73.7 Å². The third kappa shape index (κ3) is 3.78. The monoisotopic (exact) mass is 431 g/mol. The van der Waals surface area contributed by atoms with Crippen molar-refractivity contribution in [3.05, 3.63) is 64.0 Å². The van der Waals surface area contributed by atoms with Crippen LogP contribution in [0.3, 0.4) is 0 Å². The van der Waals surface area contributed by atoms with Crippen LogP contribution in [0.4, 0.5) is 11.6 Å². The SMILES string of the molecule is Cc1cc2c(cn1)cc(-c1cc(Nc3noc([C@@H]4CCCCO4)n3)ccc1C)c(=O)n2C. The number of hydrogen-bond acceptors (Lipinski definition) is 7. The van der Waals surface area contributed by atoms with E-state index in [1.54, 1.807) is 17.8 Å². The van der Waals surface area contributed by atoms with E-state index in [0.29, 0.717) is 24.0 Å². The fourth-order valence-corrected chi connectivity index (χ4v) is 4.13. The minimum atomic E-state index is -0.141. The number of nitrogens with zero attached hydrogens (tertiary/aromatic N) is 4. The Morgan fingerprint density at radius 2 is 2.00 bits per heavy atom. The topological polar surface area (TPSA) is 95.1 Å². The Bertz CT molecular complexity index is 1350. The van der Waals surface area contributed by atoms with Crippen LogP contribution in [0.5, 0.6) is 0 Å². The number of pyridine rings is 2. The highest BCUT2D eigenvalue weighted by atomic mass is 16.5. The molecule has 1 fully saturated rings. The molecule has 0 saturated carbocycles. The van der Waals surface area contributed by atoms with Crippen molar-refractivity contribution in [2.45, 2.75) is 39.2 Å². The fraction of sp³-hybridized carbons (Fsp3) is 0.333. The number of fused-ring (bicyclic) bond motifs is 1. The van der Waals surface area contributed by atoms with Gasteiger partial charge in [-0.15, -0.1) is 0 Å². The first-order chi connectivity index (χ1) is 15.5. The van der Waals surface area contributed by atoms with Gasteiger partial charge in [0.15, 0.2) is 0 Å². The second kappa shape index (κ2) is 8.20. The van der Waals surface area contributed by atoms with E-state index < -0.39 is 0 Å². The molecule has 0 spiro atoms. The minimum absolute atomic E-state index is 0.0559. The summed E-state index contributed by atoms with van der Waals surface area (Å²) < 4.78 is 12.8. The number of benzene rings is 1.